The number of hydrogen-bond acceptors (Lipinski definition) is 2. The molecule has 4 nitrogen and oxygen atoms in total. The van der Waals surface area contributed by atoms with E-state index in [0.717, 1.165) is 0 Å². The van der Waals surface area contributed by atoms with Gasteiger partial charge in [0.25, 0.3) is 0 Å². The van der Waals surface area contributed by atoms with Gasteiger partial charge in [0, 0.05) is 5.56 Å². The quantitative estimate of drug-likeness (QED) is 0.398. The molecule has 1 unspecified atom stereocenters. The Bertz CT molecular complexity index is 415. The Morgan fingerprint density at radius 3 is 2.71 bits per heavy atom. The summed E-state index contributed by atoms with van der Waals surface area (Å²) in [6, 6.07) is 4.47. The first-order chi connectivity index (χ1) is 6.56. The van der Waals surface area contributed by atoms with Crippen molar-refractivity contribution in [3.63, 3.8) is 0 Å². The number of amidine groups is 1. The van der Waals surface area contributed by atoms with Crippen molar-refractivity contribution in [3.8, 4) is 0 Å². The van der Waals surface area contributed by atoms with Gasteiger partial charge in [0.05, 0.1) is 4.90 Å². The monoisotopic (exact) mass is 210 g/mol. The van der Waals surface area contributed by atoms with E-state index in [1.807, 2.05) is 0 Å². The van der Waals surface area contributed by atoms with Crippen LogP contribution in [0.25, 0.3) is 6.08 Å². The van der Waals surface area contributed by atoms with Crippen LogP contribution in [0.5, 0.6) is 0 Å². The van der Waals surface area contributed by atoms with E-state index >= 15 is 0 Å². The van der Waals surface area contributed by atoms with Crippen LogP contribution in [0.2, 0.25) is 0 Å². The van der Waals surface area contributed by atoms with Gasteiger partial charge in [0.2, 0.25) is 0 Å². The van der Waals surface area contributed by atoms with Gasteiger partial charge in [-0.3, -0.25) is 5.41 Å². The topological polar surface area (TPSA) is 87.2 Å². The molecule has 74 valence electrons. The molecule has 0 aliphatic heterocycles. The van der Waals surface area contributed by atoms with Gasteiger partial charge in [-0.15, -0.1) is 0 Å². The molecular formula is C9H10N2O2S. The average molecular weight is 210 g/mol. The molecule has 4 N–H and O–H groups in total. The maximum absolute atomic E-state index is 10.7. The van der Waals surface area contributed by atoms with Crippen molar-refractivity contribution in [2.75, 3.05) is 0 Å². The molecule has 0 fully saturated rings. The van der Waals surface area contributed by atoms with Gasteiger partial charge in [0.1, 0.15) is 5.84 Å². The molecule has 0 radical (unpaired) electrons. The zero-order valence-corrected chi connectivity index (χ0v) is 8.17. The van der Waals surface area contributed by atoms with Crippen LogP contribution in [0, 0.1) is 5.41 Å². The lowest BCUT2D eigenvalue weighted by atomic mass is 10.1. The zero-order valence-electron chi connectivity index (χ0n) is 7.36. The maximum atomic E-state index is 10.7. The van der Waals surface area contributed by atoms with Crippen molar-refractivity contribution in [1.82, 2.24) is 0 Å². The second-order valence-electron chi connectivity index (χ2n) is 2.62. The minimum absolute atomic E-state index is 0.0878. The average Bonchev–Trinajstić information content (AvgIpc) is 2.16. The molecule has 0 heterocycles. The van der Waals surface area contributed by atoms with Gasteiger partial charge >= 0.3 is 0 Å². The molecule has 5 heteroatoms. The summed E-state index contributed by atoms with van der Waals surface area (Å²) in [7, 11) is 0. The van der Waals surface area contributed by atoms with E-state index in [4.69, 9.17) is 15.7 Å². The second kappa shape index (κ2) is 4.17. The lowest BCUT2D eigenvalue weighted by Crippen LogP contribution is -2.12. The Kier molecular flexibility index (Phi) is 3.16. The summed E-state index contributed by atoms with van der Waals surface area (Å²) in [5.74, 6) is -0.0878. The third-order valence-corrected chi connectivity index (χ3v) is 2.39. The van der Waals surface area contributed by atoms with Gasteiger partial charge in [-0.1, -0.05) is 12.7 Å². The Labute approximate surface area is 84.2 Å². The van der Waals surface area contributed by atoms with E-state index in [-0.39, 0.29) is 10.7 Å². The molecule has 1 rings (SSSR count). The summed E-state index contributed by atoms with van der Waals surface area (Å²) in [4.78, 5) is 0.268. The lowest BCUT2D eigenvalue weighted by Gasteiger charge is -2.04. The highest BCUT2D eigenvalue weighted by atomic mass is 32.2. The minimum atomic E-state index is -2.02. The third-order valence-electron chi connectivity index (χ3n) is 1.73. The molecule has 0 saturated carbocycles. The van der Waals surface area contributed by atoms with Crippen molar-refractivity contribution in [2.24, 2.45) is 5.73 Å². The van der Waals surface area contributed by atoms with Gasteiger partial charge in [-0.25, -0.2) is 4.21 Å². The highest BCUT2D eigenvalue weighted by Crippen LogP contribution is 2.14. The fourth-order valence-corrected chi connectivity index (χ4v) is 1.48. The molecular weight excluding hydrogens is 200 g/mol. The fourth-order valence-electron chi connectivity index (χ4n) is 1.06. The Morgan fingerprint density at radius 1 is 1.64 bits per heavy atom. The van der Waals surface area contributed by atoms with Crippen LogP contribution in [0.3, 0.4) is 0 Å². The number of nitrogens with one attached hydrogen (secondary N) is 1. The van der Waals surface area contributed by atoms with Crippen molar-refractivity contribution in [2.45, 2.75) is 4.90 Å². The Hall–Kier alpha value is -1.46. The van der Waals surface area contributed by atoms with Crippen LogP contribution in [-0.2, 0) is 11.1 Å². The maximum Gasteiger partial charge on any atom is 0.186 e. The molecule has 0 spiro atoms. The lowest BCUT2D eigenvalue weighted by molar-refractivity contribution is 0.564. The van der Waals surface area contributed by atoms with Crippen LogP contribution in [-0.4, -0.2) is 14.6 Å². The van der Waals surface area contributed by atoms with Gasteiger partial charge in [0.15, 0.2) is 11.1 Å². The van der Waals surface area contributed by atoms with E-state index in [2.05, 4.69) is 6.58 Å². The number of rotatable bonds is 3. The first-order valence-corrected chi connectivity index (χ1v) is 4.88. The van der Waals surface area contributed by atoms with Gasteiger partial charge < -0.3 is 10.3 Å². The molecule has 1 aromatic carbocycles. The first-order valence-electron chi connectivity index (χ1n) is 3.78. The smallest absolute Gasteiger partial charge is 0.186 e. The standard InChI is InChI=1S/C9H10N2O2S/c1-2-6-5-7(14(12)13)3-4-8(6)9(10)11/h2-5H,1H2,(H3,10,11)(H,12,13). The van der Waals surface area contributed by atoms with Gasteiger partial charge in [-0.2, -0.15) is 0 Å². The van der Waals surface area contributed by atoms with E-state index in [0.29, 0.717) is 11.1 Å². The third kappa shape index (κ3) is 2.07. The second-order valence-corrected chi connectivity index (χ2v) is 3.59. The molecule has 0 bridgehead atoms. The first kappa shape index (κ1) is 10.6. The summed E-state index contributed by atoms with van der Waals surface area (Å²) in [5.41, 5.74) is 6.40. The molecule has 1 aromatic rings. The van der Waals surface area contributed by atoms with Crippen LogP contribution in [0.15, 0.2) is 29.7 Å². The summed E-state index contributed by atoms with van der Waals surface area (Å²) < 4.78 is 19.6. The highest BCUT2D eigenvalue weighted by Gasteiger charge is 2.06. The molecule has 0 aliphatic carbocycles. The largest absolute Gasteiger partial charge is 0.384 e. The van der Waals surface area contributed by atoms with E-state index in [1.54, 1.807) is 0 Å². The SMILES string of the molecule is C=Cc1cc(S(=O)O)ccc1C(=N)N. The summed E-state index contributed by atoms with van der Waals surface area (Å²) >= 11 is -2.02. The summed E-state index contributed by atoms with van der Waals surface area (Å²) in [6.45, 7) is 3.54. The van der Waals surface area contributed by atoms with E-state index in [9.17, 15) is 4.21 Å². The summed E-state index contributed by atoms with van der Waals surface area (Å²) in [6.07, 6.45) is 1.49. The number of hydrogen-bond donors (Lipinski definition) is 3. The number of nitrogens with two attached hydrogens (primary N) is 1. The van der Waals surface area contributed by atoms with Crippen molar-refractivity contribution < 1.29 is 8.76 Å². The molecule has 0 aliphatic rings. The van der Waals surface area contributed by atoms with Crippen molar-refractivity contribution in [1.29, 1.82) is 5.41 Å². The van der Waals surface area contributed by atoms with Crippen LogP contribution in [0.1, 0.15) is 11.1 Å². The predicted molar refractivity (Wildman–Crippen MR) is 56.6 cm³/mol. The summed E-state index contributed by atoms with van der Waals surface area (Å²) in [5, 5.41) is 7.25. The van der Waals surface area contributed by atoms with E-state index < -0.39 is 11.1 Å². The van der Waals surface area contributed by atoms with Gasteiger partial charge in [-0.05, 0) is 23.8 Å². The molecule has 14 heavy (non-hydrogen) atoms. The normalized spacial score (nSPS) is 12.1. The van der Waals surface area contributed by atoms with Crippen LogP contribution < -0.4 is 5.73 Å². The highest BCUT2D eigenvalue weighted by molar-refractivity contribution is 7.79. The van der Waals surface area contributed by atoms with E-state index in [1.165, 1.54) is 24.3 Å². The van der Waals surface area contributed by atoms with Crippen LogP contribution >= 0.6 is 0 Å². The fraction of sp³-hybridized carbons (Fsp3) is 0. The number of nitrogen functional groups attached to an aromatic ring is 1. The Morgan fingerprint density at radius 2 is 2.29 bits per heavy atom. The molecule has 0 aromatic heterocycles. The van der Waals surface area contributed by atoms with Crippen LogP contribution in [0.4, 0.5) is 0 Å². The van der Waals surface area contributed by atoms with Crippen molar-refractivity contribution >= 4 is 23.0 Å². The zero-order chi connectivity index (χ0) is 10.7. The molecule has 0 saturated heterocycles. The van der Waals surface area contributed by atoms with Crippen molar-refractivity contribution in [3.05, 3.63) is 35.9 Å². The Balaban J connectivity index is 3.32. The molecule has 0 amide bonds. The molecule has 1 atom stereocenters. The number of benzene rings is 1. The minimum Gasteiger partial charge on any atom is -0.384 e. The predicted octanol–water partition coefficient (Wildman–Crippen LogP) is 1.19.